The number of benzene rings is 1. The molecule has 0 aliphatic carbocycles. The normalized spacial score (nSPS) is 17.8. The average Bonchev–Trinajstić information content (AvgIpc) is 3.31. The summed E-state index contributed by atoms with van der Waals surface area (Å²) in [5.41, 5.74) is 1.74. The SMILES string of the molecule is COCCOCc1c(C(=O)N(CC(C)C)[C@H]2C[C@@H](C(=O)C(C)(C)C)CN(C(=O)O)C2)nnn1-c1ccccc1C. The number of Topliss-reactive ketones (excluding diaryl/α,β-unsaturated/α-hetero) is 1. The number of carbonyl (C=O) groups is 3. The van der Waals surface area contributed by atoms with E-state index >= 15 is 0 Å². The summed E-state index contributed by atoms with van der Waals surface area (Å²) in [6.07, 6.45) is -0.727. The molecule has 1 aromatic carbocycles. The van der Waals surface area contributed by atoms with Gasteiger partial charge in [0.1, 0.15) is 11.5 Å². The van der Waals surface area contributed by atoms with Crippen LogP contribution in [-0.2, 0) is 20.9 Å². The molecule has 0 spiro atoms. The molecule has 11 heteroatoms. The Morgan fingerprint density at radius 1 is 1.15 bits per heavy atom. The highest BCUT2D eigenvalue weighted by Gasteiger charge is 2.42. The van der Waals surface area contributed by atoms with Gasteiger partial charge in [-0.3, -0.25) is 9.59 Å². The smallest absolute Gasteiger partial charge is 0.407 e. The maximum atomic E-state index is 14.2. The van der Waals surface area contributed by atoms with Crippen molar-refractivity contribution in [1.82, 2.24) is 24.8 Å². The third-order valence-electron chi connectivity index (χ3n) is 7.05. The number of amides is 2. The second kappa shape index (κ2) is 13.4. The van der Waals surface area contributed by atoms with E-state index < -0.39 is 23.5 Å². The van der Waals surface area contributed by atoms with Crippen LogP contribution in [0.5, 0.6) is 0 Å². The van der Waals surface area contributed by atoms with Crippen LogP contribution in [0.1, 0.15) is 62.8 Å². The highest BCUT2D eigenvalue weighted by atomic mass is 16.5. The summed E-state index contributed by atoms with van der Waals surface area (Å²) in [5.74, 6) is -0.804. The number of aryl methyl sites for hydroxylation is 1. The van der Waals surface area contributed by atoms with Crippen molar-refractivity contribution in [3.63, 3.8) is 0 Å². The summed E-state index contributed by atoms with van der Waals surface area (Å²) in [6.45, 7) is 12.9. The van der Waals surface area contributed by atoms with Crippen molar-refractivity contribution in [2.45, 2.75) is 60.6 Å². The third kappa shape index (κ3) is 7.45. The minimum absolute atomic E-state index is 0.0156. The summed E-state index contributed by atoms with van der Waals surface area (Å²) >= 11 is 0. The number of methoxy groups -OCH3 is 1. The van der Waals surface area contributed by atoms with Crippen LogP contribution in [0.15, 0.2) is 24.3 Å². The molecule has 1 aliphatic heterocycles. The van der Waals surface area contributed by atoms with E-state index in [9.17, 15) is 19.5 Å². The number of carboxylic acid groups (broad SMARTS) is 1. The lowest BCUT2D eigenvalue weighted by Gasteiger charge is -2.43. The minimum atomic E-state index is -1.11. The number of ether oxygens (including phenoxy) is 2. The van der Waals surface area contributed by atoms with Gasteiger partial charge >= 0.3 is 6.09 Å². The highest BCUT2D eigenvalue weighted by molar-refractivity contribution is 5.94. The summed E-state index contributed by atoms with van der Waals surface area (Å²) in [6, 6.07) is 7.17. The molecule has 1 aliphatic rings. The molecule has 1 saturated heterocycles. The molecule has 0 bridgehead atoms. The van der Waals surface area contributed by atoms with E-state index in [2.05, 4.69) is 10.3 Å². The molecular weight excluding hydrogens is 514 g/mol. The molecule has 0 radical (unpaired) electrons. The van der Waals surface area contributed by atoms with E-state index in [0.717, 1.165) is 11.3 Å². The summed E-state index contributed by atoms with van der Waals surface area (Å²) < 4.78 is 12.5. The van der Waals surface area contributed by atoms with Gasteiger partial charge < -0.3 is 24.4 Å². The number of para-hydroxylation sites is 1. The lowest BCUT2D eigenvalue weighted by Crippen LogP contribution is -2.56. The standard InChI is InChI=1S/C29H43N5O6/c1-19(2)15-33(22-14-21(26(35)29(4,5)6)16-32(17-22)28(37)38)27(36)25-24(18-40-13-12-39-7)34(31-30-25)23-11-9-8-10-20(23)3/h8-11,19,21-22H,12-18H2,1-7H3,(H,37,38)/t21-,22+/m1/s1. The number of carbonyl (C=O) groups excluding carboxylic acids is 2. The first-order chi connectivity index (χ1) is 18.8. The van der Waals surface area contributed by atoms with Crippen molar-refractivity contribution in [1.29, 1.82) is 0 Å². The molecule has 1 aromatic heterocycles. The Bertz CT molecular complexity index is 1190. The number of piperidine rings is 1. The highest BCUT2D eigenvalue weighted by Crippen LogP contribution is 2.30. The van der Waals surface area contributed by atoms with Gasteiger partial charge in [0.2, 0.25) is 0 Å². The fourth-order valence-corrected chi connectivity index (χ4v) is 5.09. The lowest BCUT2D eigenvalue weighted by atomic mass is 9.78. The van der Waals surface area contributed by atoms with Crippen LogP contribution in [0.4, 0.5) is 4.79 Å². The maximum absolute atomic E-state index is 14.2. The van der Waals surface area contributed by atoms with Gasteiger partial charge in [0, 0.05) is 38.1 Å². The van der Waals surface area contributed by atoms with Crippen LogP contribution >= 0.6 is 0 Å². The molecular formula is C29H43N5O6. The molecule has 0 saturated carbocycles. The molecule has 220 valence electrons. The zero-order chi connectivity index (χ0) is 29.6. The number of rotatable bonds is 11. The maximum Gasteiger partial charge on any atom is 0.407 e. The van der Waals surface area contributed by atoms with Gasteiger partial charge in [-0.25, -0.2) is 9.48 Å². The van der Waals surface area contributed by atoms with Crippen molar-refractivity contribution in [2.24, 2.45) is 17.3 Å². The second-order valence-electron chi connectivity index (χ2n) is 11.9. The van der Waals surface area contributed by atoms with Gasteiger partial charge in [-0.2, -0.15) is 0 Å². The number of aromatic nitrogens is 3. The number of hydrogen-bond donors (Lipinski definition) is 1. The number of hydrogen-bond acceptors (Lipinski definition) is 7. The Balaban J connectivity index is 2.03. The number of nitrogens with zero attached hydrogens (tertiary/aromatic N) is 5. The Kier molecular flexibility index (Phi) is 10.4. The van der Waals surface area contributed by atoms with Crippen LogP contribution in [-0.4, -0.2) is 93.7 Å². The first kappa shape index (κ1) is 31.2. The monoisotopic (exact) mass is 557 g/mol. The van der Waals surface area contributed by atoms with Gasteiger partial charge in [-0.05, 0) is 30.9 Å². The van der Waals surface area contributed by atoms with E-state index in [0.29, 0.717) is 31.9 Å². The van der Waals surface area contributed by atoms with Crippen molar-refractivity contribution in [3.05, 3.63) is 41.2 Å². The van der Waals surface area contributed by atoms with Gasteiger partial charge in [0.05, 0.1) is 31.5 Å². The zero-order valence-electron chi connectivity index (χ0n) is 24.7. The molecule has 1 fully saturated rings. The van der Waals surface area contributed by atoms with E-state index in [4.69, 9.17) is 9.47 Å². The average molecular weight is 558 g/mol. The van der Waals surface area contributed by atoms with Gasteiger partial charge in [-0.1, -0.05) is 58.0 Å². The first-order valence-electron chi connectivity index (χ1n) is 13.8. The number of ketones is 1. The van der Waals surface area contributed by atoms with Crippen LogP contribution < -0.4 is 0 Å². The van der Waals surface area contributed by atoms with Crippen molar-refractivity contribution < 1.29 is 29.0 Å². The van der Waals surface area contributed by atoms with E-state index in [-0.39, 0.29) is 43.0 Å². The van der Waals surface area contributed by atoms with E-state index in [1.54, 1.807) is 16.7 Å². The molecule has 0 unspecified atom stereocenters. The Labute approximate surface area is 236 Å². The number of likely N-dealkylation sites (tertiary alicyclic amines) is 1. The summed E-state index contributed by atoms with van der Waals surface area (Å²) in [4.78, 5) is 42.5. The van der Waals surface area contributed by atoms with Crippen LogP contribution in [0.25, 0.3) is 5.69 Å². The van der Waals surface area contributed by atoms with Crippen LogP contribution in [0.2, 0.25) is 0 Å². The topological polar surface area (TPSA) is 127 Å². The Morgan fingerprint density at radius 3 is 2.45 bits per heavy atom. The lowest BCUT2D eigenvalue weighted by molar-refractivity contribution is -0.132. The van der Waals surface area contributed by atoms with Crippen molar-refractivity contribution >= 4 is 17.8 Å². The molecule has 2 aromatic rings. The molecule has 2 amide bonds. The fourth-order valence-electron chi connectivity index (χ4n) is 5.09. The molecule has 2 heterocycles. The second-order valence-corrected chi connectivity index (χ2v) is 11.9. The molecule has 3 rings (SSSR count). The van der Waals surface area contributed by atoms with Crippen molar-refractivity contribution in [3.8, 4) is 5.69 Å². The first-order valence-corrected chi connectivity index (χ1v) is 13.8. The third-order valence-corrected chi connectivity index (χ3v) is 7.05. The zero-order valence-corrected chi connectivity index (χ0v) is 24.7. The molecule has 2 atom stereocenters. The molecule has 1 N–H and O–H groups in total. The predicted molar refractivity (Wildman–Crippen MR) is 149 cm³/mol. The fraction of sp³-hybridized carbons (Fsp3) is 0.621. The van der Waals surface area contributed by atoms with Gasteiger partial charge in [-0.15, -0.1) is 5.10 Å². The van der Waals surface area contributed by atoms with Crippen LogP contribution in [0.3, 0.4) is 0 Å². The largest absolute Gasteiger partial charge is 0.465 e. The Hall–Kier alpha value is -3.31. The van der Waals surface area contributed by atoms with Crippen LogP contribution in [0, 0.1) is 24.2 Å². The van der Waals surface area contributed by atoms with Crippen molar-refractivity contribution in [2.75, 3.05) is 40.0 Å². The van der Waals surface area contributed by atoms with Gasteiger partial charge in [0.15, 0.2) is 5.69 Å². The van der Waals surface area contributed by atoms with E-state index in [1.165, 1.54) is 4.90 Å². The summed E-state index contributed by atoms with van der Waals surface area (Å²) in [7, 11) is 1.59. The summed E-state index contributed by atoms with van der Waals surface area (Å²) in [5, 5.41) is 18.5. The molecule has 40 heavy (non-hydrogen) atoms. The van der Waals surface area contributed by atoms with E-state index in [1.807, 2.05) is 65.8 Å². The predicted octanol–water partition coefficient (Wildman–Crippen LogP) is 3.82. The van der Waals surface area contributed by atoms with Gasteiger partial charge in [0.25, 0.3) is 5.91 Å². The quantitative estimate of drug-likeness (QED) is 0.413. The Morgan fingerprint density at radius 2 is 1.85 bits per heavy atom. The minimum Gasteiger partial charge on any atom is -0.465 e. The molecule has 11 nitrogen and oxygen atoms in total.